The summed E-state index contributed by atoms with van der Waals surface area (Å²) in [6.07, 6.45) is 2.78. The highest BCUT2D eigenvalue weighted by Gasteiger charge is 2.16. The molecule has 0 radical (unpaired) electrons. The van der Waals surface area contributed by atoms with Crippen molar-refractivity contribution in [3.63, 3.8) is 0 Å². The Labute approximate surface area is 174 Å². The zero-order valence-corrected chi connectivity index (χ0v) is 16.4. The smallest absolute Gasteiger partial charge is 0.177 e. The Hall–Kier alpha value is -4.24. The van der Waals surface area contributed by atoms with Crippen LogP contribution in [0.5, 0.6) is 0 Å². The Bertz CT molecular complexity index is 1210. The van der Waals surface area contributed by atoms with Gasteiger partial charge in [-0.15, -0.1) is 0 Å². The van der Waals surface area contributed by atoms with E-state index in [0.717, 1.165) is 33.5 Å². The van der Waals surface area contributed by atoms with Crippen molar-refractivity contribution in [1.29, 1.82) is 5.26 Å². The van der Waals surface area contributed by atoms with E-state index in [-0.39, 0.29) is 6.10 Å². The Morgan fingerprint density at radius 1 is 0.967 bits per heavy atom. The average Bonchev–Trinajstić information content (AvgIpc) is 2.81. The molecule has 1 aromatic heterocycles. The molecule has 146 valence electrons. The van der Waals surface area contributed by atoms with Crippen LogP contribution in [0.1, 0.15) is 29.7 Å². The molecule has 0 bridgehead atoms. The van der Waals surface area contributed by atoms with Gasteiger partial charge in [-0.3, -0.25) is 0 Å². The highest BCUT2D eigenvalue weighted by molar-refractivity contribution is 5.90. The van der Waals surface area contributed by atoms with Crippen molar-refractivity contribution >= 4 is 28.6 Å². The molecule has 1 atom stereocenters. The van der Waals surface area contributed by atoms with Crippen molar-refractivity contribution < 1.29 is 4.84 Å². The van der Waals surface area contributed by atoms with E-state index in [2.05, 4.69) is 26.5 Å². The fourth-order valence-corrected chi connectivity index (χ4v) is 3.15. The number of hydrogen-bond donors (Lipinski definition) is 1. The molecule has 0 aliphatic carbocycles. The van der Waals surface area contributed by atoms with Crippen LogP contribution >= 0.6 is 0 Å². The topological polar surface area (TPSA) is 83.2 Å². The van der Waals surface area contributed by atoms with Gasteiger partial charge in [0.05, 0.1) is 17.1 Å². The number of nitrogens with zero attached hydrogens (tertiary/aromatic N) is 4. The molecule has 0 aliphatic heterocycles. The lowest BCUT2D eigenvalue weighted by Gasteiger charge is -2.17. The molecule has 0 spiro atoms. The number of fused-ring (bicyclic) bond motifs is 1. The Morgan fingerprint density at radius 2 is 1.67 bits per heavy atom. The fourth-order valence-electron chi connectivity index (χ4n) is 3.15. The molecule has 1 heterocycles. The van der Waals surface area contributed by atoms with E-state index in [1.165, 1.54) is 0 Å². The zero-order chi connectivity index (χ0) is 20.8. The number of nitrogens with one attached hydrogen (secondary N) is 1. The van der Waals surface area contributed by atoms with Crippen LogP contribution in [0.15, 0.2) is 84.3 Å². The van der Waals surface area contributed by atoms with Gasteiger partial charge in [0.1, 0.15) is 12.1 Å². The van der Waals surface area contributed by atoms with Gasteiger partial charge in [0.15, 0.2) is 6.10 Å². The van der Waals surface area contributed by atoms with Gasteiger partial charge in [-0.05, 0) is 54.4 Å². The van der Waals surface area contributed by atoms with Crippen LogP contribution in [0.4, 0.5) is 11.5 Å². The molecule has 6 heteroatoms. The van der Waals surface area contributed by atoms with E-state index in [0.29, 0.717) is 5.56 Å². The molecule has 1 unspecified atom stereocenters. The zero-order valence-electron chi connectivity index (χ0n) is 16.4. The number of oxime groups is 1. The number of benzene rings is 3. The first-order valence-corrected chi connectivity index (χ1v) is 9.49. The maximum atomic E-state index is 9.02. The van der Waals surface area contributed by atoms with Crippen LogP contribution in [-0.2, 0) is 4.84 Å². The number of rotatable bonds is 6. The van der Waals surface area contributed by atoms with E-state index in [9.17, 15) is 0 Å². The van der Waals surface area contributed by atoms with Crippen LogP contribution in [0, 0.1) is 11.3 Å². The van der Waals surface area contributed by atoms with Crippen molar-refractivity contribution in [2.45, 2.75) is 13.0 Å². The fraction of sp³-hybridized carbons (Fsp3) is 0.0833. The first-order chi connectivity index (χ1) is 14.8. The highest BCUT2D eigenvalue weighted by atomic mass is 16.6. The highest BCUT2D eigenvalue weighted by Crippen LogP contribution is 2.29. The van der Waals surface area contributed by atoms with Crippen LogP contribution in [0.3, 0.4) is 0 Å². The molecule has 3 aromatic carbocycles. The number of aromatic nitrogens is 2. The molecule has 1 N–H and O–H groups in total. The van der Waals surface area contributed by atoms with Gasteiger partial charge >= 0.3 is 0 Å². The normalized spacial score (nSPS) is 11.9. The summed E-state index contributed by atoms with van der Waals surface area (Å²) in [7, 11) is 0. The molecule has 0 saturated heterocycles. The van der Waals surface area contributed by atoms with Crippen LogP contribution in [0.2, 0.25) is 0 Å². The van der Waals surface area contributed by atoms with Gasteiger partial charge in [-0.25, -0.2) is 9.97 Å². The second-order valence-electron chi connectivity index (χ2n) is 6.57. The molecule has 0 saturated carbocycles. The lowest BCUT2D eigenvalue weighted by atomic mass is 10.00. The Morgan fingerprint density at radius 3 is 2.37 bits per heavy atom. The van der Waals surface area contributed by atoms with Gasteiger partial charge in [-0.2, -0.15) is 5.26 Å². The van der Waals surface area contributed by atoms with Crippen LogP contribution in [-0.4, -0.2) is 16.2 Å². The second kappa shape index (κ2) is 8.84. The summed E-state index contributed by atoms with van der Waals surface area (Å²) >= 11 is 0. The second-order valence-corrected chi connectivity index (χ2v) is 6.57. The number of anilines is 2. The first kappa shape index (κ1) is 19.1. The number of hydrogen-bond acceptors (Lipinski definition) is 6. The summed E-state index contributed by atoms with van der Waals surface area (Å²) in [4.78, 5) is 14.4. The Balaban J connectivity index is 1.60. The number of para-hydroxylation sites is 1. The Kier molecular flexibility index (Phi) is 5.63. The average molecular weight is 393 g/mol. The van der Waals surface area contributed by atoms with Gasteiger partial charge in [0.25, 0.3) is 0 Å². The van der Waals surface area contributed by atoms with Crippen molar-refractivity contribution in [2.75, 3.05) is 5.32 Å². The summed E-state index contributed by atoms with van der Waals surface area (Å²) < 4.78 is 0. The van der Waals surface area contributed by atoms with E-state index in [4.69, 9.17) is 10.1 Å². The molecule has 0 fully saturated rings. The van der Waals surface area contributed by atoms with Crippen LogP contribution < -0.4 is 5.32 Å². The van der Waals surface area contributed by atoms with Crippen molar-refractivity contribution in [3.8, 4) is 6.07 Å². The standard InChI is InChI=1S/C24H19N5O/c1-2-28-30-23(18-9-7-17(15-25)8-10-18)19-11-13-20(14-12-19)29-24-21-5-3-4-6-22(21)26-16-27-24/h2-14,16,23H,1H3,(H,26,27,29)/b28-2+. The van der Waals surface area contributed by atoms with Gasteiger partial charge in [-0.1, -0.05) is 41.6 Å². The van der Waals surface area contributed by atoms with E-state index >= 15 is 0 Å². The molecule has 6 nitrogen and oxygen atoms in total. The van der Waals surface area contributed by atoms with Gasteiger partial charge in [0, 0.05) is 17.3 Å². The molecular formula is C24H19N5O. The minimum Gasteiger partial charge on any atom is -0.383 e. The third-order valence-corrected chi connectivity index (χ3v) is 4.63. The van der Waals surface area contributed by atoms with Gasteiger partial charge < -0.3 is 10.2 Å². The molecule has 0 amide bonds. The third kappa shape index (κ3) is 4.10. The van der Waals surface area contributed by atoms with E-state index in [1.807, 2.05) is 60.7 Å². The summed E-state index contributed by atoms with van der Waals surface area (Å²) in [5, 5.41) is 17.3. The SMILES string of the molecule is C/C=N/OC(c1ccc(C#N)cc1)c1ccc(Nc2ncnc3ccccc23)cc1. The van der Waals surface area contributed by atoms with Crippen molar-refractivity contribution in [1.82, 2.24) is 9.97 Å². The van der Waals surface area contributed by atoms with Gasteiger partial charge in [0.2, 0.25) is 0 Å². The third-order valence-electron chi connectivity index (χ3n) is 4.63. The predicted molar refractivity (Wildman–Crippen MR) is 118 cm³/mol. The van der Waals surface area contributed by atoms with Crippen LogP contribution in [0.25, 0.3) is 10.9 Å². The minimum atomic E-state index is -0.372. The lowest BCUT2D eigenvalue weighted by Crippen LogP contribution is -2.04. The molecule has 4 rings (SSSR count). The summed E-state index contributed by atoms with van der Waals surface area (Å²) in [5.74, 6) is 0.754. The van der Waals surface area contributed by atoms with E-state index < -0.39 is 0 Å². The predicted octanol–water partition coefficient (Wildman–Crippen LogP) is 5.36. The minimum absolute atomic E-state index is 0.372. The maximum Gasteiger partial charge on any atom is 0.177 e. The maximum absolute atomic E-state index is 9.02. The molecule has 30 heavy (non-hydrogen) atoms. The summed E-state index contributed by atoms with van der Waals surface area (Å²) in [5.41, 5.74) is 4.26. The first-order valence-electron chi connectivity index (χ1n) is 9.49. The van der Waals surface area contributed by atoms with Crippen molar-refractivity contribution in [3.05, 3.63) is 95.8 Å². The quantitative estimate of drug-likeness (QED) is 0.352. The monoisotopic (exact) mass is 393 g/mol. The molecular weight excluding hydrogens is 374 g/mol. The largest absolute Gasteiger partial charge is 0.383 e. The molecule has 4 aromatic rings. The summed E-state index contributed by atoms with van der Waals surface area (Å²) in [6, 6.07) is 25.2. The lowest BCUT2D eigenvalue weighted by molar-refractivity contribution is 0.0885. The molecule has 0 aliphatic rings. The van der Waals surface area contributed by atoms with E-state index in [1.54, 1.807) is 31.6 Å². The van der Waals surface area contributed by atoms with Crippen molar-refractivity contribution in [2.24, 2.45) is 5.16 Å². The summed E-state index contributed by atoms with van der Waals surface area (Å²) in [6.45, 7) is 1.80. The number of nitriles is 1.